The zero-order valence-corrected chi connectivity index (χ0v) is 91.3. The minimum Gasteiger partial charge on any atom is -0.312 e. The average molecular weight is 2330 g/mol. The molecule has 140 heavy (non-hydrogen) atoms. The van der Waals surface area contributed by atoms with E-state index in [0.717, 1.165) is 290 Å². The fourth-order valence-corrected chi connectivity index (χ4v) is 36.7. The van der Waals surface area contributed by atoms with Crippen LogP contribution in [0.25, 0.3) is 273 Å². The molecule has 0 amide bonds. The van der Waals surface area contributed by atoms with Crippen LogP contribution in [0.4, 0.5) is 5.82 Å². The molecule has 27 aromatic rings. The van der Waals surface area contributed by atoms with Gasteiger partial charge in [0.25, 0.3) is 0 Å². The number of hydrogen-bond acceptors (Lipinski definition) is 56. The van der Waals surface area contributed by atoms with E-state index < -0.39 is 0 Å². The molecule has 0 aromatic carbocycles. The summed E-state index contributed by atoms with van der Waals surface area (Å²) < 4.78 is 0. The highest BCUT2D eigenvalue weighted by molar-refractivity contribution is 8.02. The molecule has 0 spiro atoms. The first-order valence-corrected chi connectivity index (χ1v) is 64.8. The Bertz CT molecular complexity index is 8840. The fraction of sp³-hybridized carbons (Fsp3) is 0.0119. The van der Waals surface area contributed by atoms with Gasteiger partial charge in [-0.2, -0.15) is 0 Å². The molecule has 0 saturated carbocycles. The van der Waals surface area contributed by atoms with Crippen molar-refractivity contribution in [3.63, 3.8) is 0 Å². The van der Waals surface area contributed by atoms with E-state index in [1.165, 1.54) is 147 Å². The molecule has 1 aliphatic heterocycles. The van der Waals surface area contributed by atoms with Crippen LogP contribution < -0.4 is 4.90 Å². The lowest BCUT2D eigenvalue weighted by Gasteiger charge is -2.16. The van der Waals surface area contributed by atoms with Crippen molar-refractivity contribution in [1.29, 1.82) is 0 Å². The molecule has 0 saturated heterocycles. The Labute approximate surface area is 897 Å². The molecule has 1 aliphatic rings. The van der Waals surface area contributed by atoms with Gasteiger partial charge in [0, 0.05) is 151 Å². The first-order valence-electron chi connectivity index (χ1n) is 40.0. The number of anilines is 1. The fourth-order valence-electron chi connectivity index (χ4n) is 13.6. The minimum atomic E-state index is 0.783. The normalized spacial score (nSPS) is 12.4. The second-order valence-corrected chi connectivity index (χ2v) is 52.8. The van der Waals surface area contributed by atoms with Gasteiger partial charge in [-0.05, 0) is 5.41 Å². The molecule has 0 aliphatic carbocycles. The third kappa shape index (κ3) is 17.1. The third-order valence-corrected chi connectivity index (χ3v) is 43.9. The van der Waals surface area contributed by atoms with Crippen LogP contribution >= 0.6 is 318 Å². The van der Waals surface area contributed by atoms with Crippen molar-refractivity contribution in [2.45, 2.75) is 0 Å². The Morgan fingerprint density at radius 3 is 0.450 bits per heavy atom. The Hall–Kier alpha value is -10.1. The lowest BCUT2D eigenvalue weighted by Crippen LogP contribution is -2.16. The summed E-state index contributed by atoms with van der Waals surface area (Å²) in [4.78, 5) is 136. The predicted molar refractivity (Wildman–Crippen MR) is 595 cm³/mol. The van der Waals surface area contributed by atoms with Crippen molar-refractivity contribution in [3.8, 4) is 268 Å². The van der Waals surface area contributed by atoms with Crippen LogP contribution in [-0.4, -0.2) is 140 Å². The van der Waals surface area contributed by atoms with E-state index in [1.54, 1.807) is 177 Å². The molecule has 0 N–H and O–H groups in total. The van der Waals surface area contributed by atoms with Gasteiger partial charge >= 0.3 is 0 Å². The van der Waals surface area contributed by atoms with Crippen molar-refractivity contribution in [3.05, 3.63) is 167 Å². The number of aromatic nitrogens is 27. The van der Waals surface area contributed by atoms with Crippen molar-refractivity contribution in [1.82, 2.24) is 135 Å². The van der Waals surface area contributed by atoms with Crippen LogP contribution in [0, 0.1) is 0 Å². The largest absolute Gasteiger partial charge is 0.312 e. The minimum absolute atomic E-state index is 0.783. The van der Waals surface area contributed by atoms with Crippen LogP contribution in [0.3, 0.4) is 0 Å². The summed E-state index contributed by atoms with van der Waals surface area (Å²) in [5.74, 6) is 1.76. The van der Waals surface area contributed by atoms with E-state index in [9.17, 15) is 0 Å². The topological polar surface area (TPSA) is 351 Å². The summed E-state index contributed by atoms with van der Waals surface area (Å²) in [7, 11) is 0. The molecule has 56 heteroatoms. The molecule has 28 heterocycles. The van der Waals surface area contributed by atoms with Crippen molar-refractivity contribution in [2.24, 2.45) is 0 Å². The Morgan fingerprint density at radius 2 is 0.307 bits per heavy atom. The van der Waals surface area contributed by atoms with E-state index in [2.05, 4.69) is 31.0 Å². The molecule has 0 unspecified atom stereocenters. The average Bonchev–Trinajstić information content (AvgIpc) is 1.65. The number of rotatable bonds is 27. The van der Waals surface area contributed by atoms with Gasteiger partial charge in [-0.25, -0.2) is 135 Å². The van der Waals surface area contributed by atoms with Gasteiger partial charge in [0.15, 0.2) is 0 Å². The van der Waals surface area contributed by atoms with Gasteiger partial charge in [0.2, 0.25) is 0 Å². The smallest absolute Gasteiger partial charge is 0.144 e. The van der Waals surface area contributed by atoms with Crippen LogP contribution in [0.15, 0.2) is 162 Å². The maximum atomic E-state index is 5.02. The van der Waals surface area contributed by atoms with Crippen molar-refractivity contribution >= 4 is 329 Å². The van der Waals surface area contributed by atoms with Crippen LogP contribution in [0.5, 0.6) is 0 Å². The molecular weight excluding hydrogens is 2300 g/mol. The maximum absolute atomic E-state index is 5.02. The quantitative estimate of drug-likeness (QED) is 0.0461. The van der Waals surface area contributed by atoms with E-state index in [-0.39, 0.29) is 0 Å². The number of thiazole rings is 27. The highest BCUT2D eigenvalue weighted by atomic mass is 32.2. The maximum Gasteiger partial charge on any atom is 0.144 e. The van der Waals surface area contributed by atoms with Crippen LogP contribution in [0.2, 0.25) is 0 Å². The second kappa shape index (κ2) is 37.3. The van der Waals surface area contributed by atoms with Gasteiger partial charge in [0.1, 0.15) is 278 Å². The summed E-state index contributed by atoms with van der Waals surface area (Å²) in [5, 5.41) is 78.3. The SMILES string of the molecule is C1=C(c2nc(-c3nc(-c4nc(-c5nc(-c6nc(-c7nc(-c8nc(-c9nc(-c%10nc(-c%11nc(-c%12nc(-c%13nc(-c%14nc(-c%15nc(-c%16nc(-c%17nc(-c%18nc(-c%19nc(-c%20nc(-c%21nc(-c%22nc(-c%23nc(-c%24nc(-c%25nc(-c%26nc(-c%27nccs%27)cs%26)cs%25)cs%24)cs%23)cs%22)cs%21)cs%20)cs%19)cs%18)cs%17)cs%16)cs%15)cs%14)cs%13)cs%12)cs%11)cs%10)cs9)cs8)cs7)cs6)cs5)cs4)cs3)cs2)N(c2cscn2)CS1. The standard InChI is InChI=1S/C84H32N28S28/c1-2-115-59(85-1)32-3-116-60(87-32)33-4-117-61(88-33)34-5-118-62(89-34)35-6-119-63(90-35)36-7-120-64(91-36)37-8-121-65(92-37)38-9-122-66(93-38)39-10-123-67(94-39)40-11-124-68(95-40)41-12-125-69(96-41)42-13-126-70(97-42)43-14-127-71(98-43)44-15-128-72(99-44)45-16-129-73(100-45)46-17-130-74(101-46)47-18-131-75(102-47)48-19-132-76(103-48)49-20-133-77(104-49)50-21-134-78(105-50)51-22-135-79(106-51)52-23-136-80(107-52)53-24-137-81(108-53)54-25-138-82(109-54)55-26-139-83(110-55)56-27-140-84(111-56)57-28-114-31-112(57)58-29-113-30-86-58/h1-30H,31H2. The highest BCUT2D eigenvalue weighted by Gasteiger charge is 2.30. The zero-order chi connectivity index (χ0) is 92.0. The summed E-state index contributed by atoms with van der Waals surface area (Å²) in [6, 6.07) is 0. The second-order valence-electron chi connectivity index (χ2n) is 28.9. The van der Waals surface area contributed by atoms with E-state index in [4.69, 9.17) is 125 Å². The molecule has 0 radical (unpaired) electrons. The monoisotopic (exact) mass is 2330 g/mol. The number of hydrogen-bond donors (Lipinski definition) is 0. The van der Waals surface area contributed by atoms with Crippen LogP contribution in [-0.2, 0) is 0 Å². The molecule has 28 nitrogen and oxygen atoms in total. The lowest BCUT2D eigenvalue weighted by atomic mass is 10.4. The molecule has 676 valence electrons. The molecular formula is C84H32N28S28. The lowest BCUT2D eigenvalue weighted by molar-refractivity contribution is 1.14. The van der Waals surface area contributed by atoms with E-state index >= 15 is 0 Å². The molecule has 0 bridgehead atoms. The highest BCUT2D eigenvalue weighted by Crippen LogP contribution is 2.49. The first-order chi connectivity index (χ1) is 69.1. The van der Waals surface area contributed by atoms with Gasteiger partial charge in [-0.1, -0.05) is 0 Å². The summed E-state index contributed by atoms with van der Waals surface area (Å²) in [6.45, 7) is 0. The van der Waals surface area contributed by atoms with Gasteiger partial charge in [0.05, 0.1) is 17.1 Å². The molecule has 0 atom stereocenters. The number of nitrogens with zero attached hydrogens (tertiary/aromatic N) is 28. The van der Waals surface area contributed by atoms with Crippen molar-refractivity contribution < 1.29 is 0 Å². The third-order valence-electron chi connectivity index (χ3n) is 20.1. The van der Waals surface area contributed by atoms with Gasteiger partial charge < -0.3 is 4.90 Å². The predicted octanol–water partition coefficient (Wildman–Crippen LogP) is 31.2. The first kappa shape index (κ1) is 87.7. The summed E-state index contributed by atoms with van der Waals surface area (Å²) in [6.07, 6.45) is 1.79. The Morgan fingerprint density at radius 1 is 0.157 bits per heavy atom. The zero-order valence-electron chi connectivity index (χ0n) is 68.5. The van der Waals surface area contributed by atoms with Gasteiger partial charge in [-0.15, -0.1) is 318 Å². The Balaban J connectivity index is 0.327. The summed E-state index contributed by atoms with van der Waals surface area (Å²) >= 11 is 43.6. The Kier molecular flexibility index (Phi) is 23.3. The van der Waals surface area contributed by atoms with Crippen LogP contribution in [0.1, 0.15) is 5.01 Å². The van der Waals surface area contributed by atoms with E-state index in [0.29, 0.717) is 0 Å². The van der Waals surface area contributed by atoms with Crippen molar-refractivity contribution in [2.75, 3.05) is 10.8 Å². The summed E-state index contributed by atoms with van der Waals surface area (Å²) in [5.41, 5.74) is 22.9. The van der Waals surface area contributed by atoms with E-state index in [1.807, 2.05) is 140 Å². The molecule has 27 aromatic heterocycles. The van der Waals surface area contributed by atoms with Gasteiger partial charge in [-0.3, -0.25) is 0 Å². The molecule has 0 fully saturated rings. The molecule has 28 rings (SSSR count). The number of thioether (sulfide) groups is 1.